The summed E-state index contributed by atoms with van der Waals surface area (Å²) in [6, 6.07) is 5.25. The van der Waals surface area contributed by atoms with Gasteiger partial charge in [-0.2, -0.15) is 0 Å². The first kappa shape index (κ1) is 20.0. The molecule has 2 fully saturated rings. The van der Waals surface area contributed by atoms with Gasteiger partial charge in [0, 0.05) is 55.6 Å². The number of rotatable bonds is 4. The Morgan fingerprint density at radius 2 is 1.97 bits per heavy atom. The monoisotopic (exact) mass is 425 g/mol. The van der Waals surface area contributed by atoms with Crippen LogP contribution in [0.2, 0.25) is 0 Å². The molecule has 0 radical (unpaired) electrons. The molecular weight excluding hydrogens is 398 g/mol. The van der Waals surface area contributed by atoms with Crippen LogP contribution in [-0.4, -0.2) is 69.7 Å². The Morgan fingerprint density at radius 1 is 1.19 bits per heavy atom. The smallest absolute Gasteiger partial charge is 0.272 e. The molecule has 0 saturated carbocycles. The van der Waals surface area contributed by atoms with Gasteiger partial charge in [0.05, 0.1) is 31.6 Å². The first-order chi connectivity index (χ1) is 15.1. The van der Waals surface area contributed by atoms with Crippen LogP contribution in [0.3, 0.4) is 0 Å². The molecule has 0 atom stereocenters. The van der Waals surface area contributed by atoms with Crippen molar-refractivity contribution in [2.75, 3.05) is 39.4 Å². The standard InChI is InChI=1S/C22H27N5O4/c1-15-12-21(28)27-20(23-15)13-18(24-27)16-2-5-26(6-3-16)22(29)17-4-9-31-19(17)14-25-7-10-30-11-8-25/h4,9,12-13,16,24H,2-3,5-8,10-11,14H2,1H3. The number of fused-ring (bicyclic) bond motifs is 1. The van der Waals surface area contributed by atoms with Crippen molar-refractivity contribution >= 4 is 11.6 Å². The lowest BCUT2D eigenvalue weighted by Gasteiger charge is -2.31. The SMILES string of the molecule is Cc1cc(=O)n2[nH]c(C3CCN(C(=O)c4ccoc4CN4CCOCC4)CC3)cc2n1. The van der Waals surface area contributed by atoms with Gasteiger partial charge in [0.15, 0.2) is 5.65 Å². The third-order valence-corrected chi connectivity index (χ3v) is 6.27. The Kier molecular flexibility index (Phi) is 5.37. The molecule has 2 saturated heterocycles. The predicted molar refractivity (Wildman–Crippen MR) is 113 cm³/mol. The zero-order chi connectivity index (χ0) is 21.4. The number of hydrogen-bond acceptors (Lipinski definition) is 6. The van der Waals surface area contributed by atoms with E-state index in [4.69, 9.17) is 9.15 Å². The summed E-state index contributed by atoms with van der Waals surface area (Å²) >= 11 is 0. The molecule has 0 bridgehead atoms. The number of aromatic amines is 1. The molecule has 1 N–H and O–H groups in total. The number of aromatic nitrogens is 3. The number of carbonyl (C=O) groups excluding carboxylic acids is 1. The molecular formula is C22H27N5O4. The van der Waals surface area contributed by atoms with E-state index in [0.717, 1.165) is 37.4 Å². The molecule has 0 unspecified atom stereocenters. The molecule has 2 aliphatic rings. The van der Waals surface area contributed by atoms with Crippen molar-refractivity contribution in [2.45, 2.75) is 32.2 Å². The van der Waals surface area contributed by atoms with Gasteiger partial charge in [-0.25, -0.2) is 9.50 Å². The first-order valence-corrected chi connectivity index (χ1v) is 10.8. The number of aryl methyl sites for hydroxylation is 1. The van der Waals surface area contributed by atoms with Crippen LogP contribution in [0.4, 0.5) is 0 Å². The van der Waals surface area contributed by atoms with E-state index < -0.39 is 0 Å². The summed E-state index contributed by atoms with van der Waals surface area (Å²) in [6.45, 7) is 6.92. The van der Waals surface area contributed by atoms with Crippen molar-refractivity contribution in [3.8, 4) is 0 Å². The zero-order valence-electron chi connectivity index (χ0n) is 17.7. The molecule has 0 spiro atoms. The number of ether oxygens (including phenoxy) is 1. The third kappa shape index (κ3) is 4.03. The van der Waals surface area contributed by atoms with E-state index in [1.54, 1.807) is 12.3 Å². The van der Waals surface area contributed by atoms with Gasteiger partial charge in [0.25, 0.3) is 11.5 Å². The minimum absolute atomic E-state index is 0.0283. The Hall–Kier alpha value is -2.91. The molecule has 31 heavy (non-hydrogen) atoms. The molecule has 2 aliphatic heterocycles. The van der Waals surface area contributed by atoms with E-state index in [9.17, 15) is 9.59 Å². The number of piperidine rings is 1. The highest BCUT2D eigenvalue weighted by atomic mass is 16.5. The maximum Gasteiger partial charge on any atom is 0.272 e. The number of likely N-dealkylation sites (tertiary alicyclic amines) is 1. The van der Waals surface area contributed by atoms with Crippen LogP contribution in [0.15, 0.2) is 33.7 Å². The number of furan rings is 1. The average Bonchev–Trinajstić information content (AvgIpc) is 3.41. The molecule has 0 aliphatic carbocycles. The number of hydrogen-bond donors (Lipinski definition) is 1. The van der Waals surface area contributed by atoms with Crippen LogP contribution in [0.25, 0.3) is 5.65 Å². The summed E-state index contributed by atoms with van der Waals surface area (Å²) in [4.78, 5) is 33.9. The lowest BCUT2D eigenvalue weighted by molar-refractivity contribution is 0.0310. The Bertz CT molecular complexity index is 1130. The summed E-state index contributed by atoms with van der Waals surface area (Å²) in [5.41, 5.74) is 2.91. The van der Waals surface area contributed by atoms with E-state index in [1.807, 2.05) is 17.9 Å². The van der Waals surface area contributed by atoms with E-state index in [0.29, 0.717) is 49.8 Å². The number of H-pyrrole nitrogens is 1. The normalized spacial score (nSPS) is 18.7. The van der Waals surface area contributed by atoms with Crippen LogP contribution >= 0.6 is 0 Å². The minimum atomic E-state index is -0.103. The van der Waals surface area contributed by atoms with Gasteiger partial charge >= 0.3 is 0 Å². The molecule has 1 amide bonds. The van der Waals surface area contributed by atoms with Gasteiger partial charge in [-0.05, 0) is 25.8 Å². The van der Waals surface area contributed by atoms with Crippen molar-refractivity contribution in [2.24, 2.45) is 0 Å². The van der Waals surface area contributed by atoms with Gasteiger partial charge in [-0.1, -0.05) is 0 Å². The minimum Gasteiger partial charge on any atom is -0.467 e. The van der Waals surface area contributed by atoms with Crippen LogP contribution in [0, 0.1) is 6.92 Å². The van der Waals surface area contributed by atoms with Gasteiger partial charge in [-0.3, -0.25) is 19.6 Å². The second-order valence-electron chi connectivity index (χ2n) is 8.35. The van der Waals surface area contributed by atoms with E-state index in [1.165, 1.54) is 10.6 Å². The number of nitrogens with zero attached hydrogens (tertiary/aromatic N) is 4. The van der Waals surface area contributed by atoms with E-state index in [2.05, 4.69) is 15.0 Å². The Labute approximate surface area is 179 Å². The molecule has 5 heterocycles. The summed E-state index contributed by atoms with van der Waals surface area (Å²) < 4.78 is 12.5. The van der Waals surface area contributed by atoms with Crippen LogP contribution < -0.4 is 5.56 Å². The highest BCUT2D eigenvalue weighted by Gasteiger charge is 2.28. The van der Waals surface area contributed by atoms with Crippen molar-refractivity contribution in [3.05, 3.63) is 57.5 Å². The topological polar surface area (TPSA) is 96.1 Å². The lowest BCUT2D eigenvalue weighted by atomic mass is 9.93. The zero-order valence-corrected chi connectivity index (χ0v) is 17.7. The Morgan fingerprint density at radius 3 is 2.74 bits per heavy atom. The lowest BCUT2D eigenvalue weighted by Crippen LogP contribution is -2.39. The molecule has 9 heteroatoms. The van der Waals surface area contributed by atoms with Crippen LogP contribution in [-0.2, 0) is 11.3 Å². The molecule has 5 rings (SSSR count). The summed E-state index contributed by atoms with van der Waals surface area (Å²) in [5.74, 6) is 1.02. The maximum atomic E-state index is 13.1. The van der Waals surface area contributed by atoms with Crippen LogP contribution in [0.5, 0.6) is 0 Å². The van der Waals surface area contributed by atoms with E-state index >= 15 is 0 Å². The second-order valence-corrected chi connectivity index (χ2v) is 8.35. The molecule has 3 aromatic rings. The average molecular weight is 425 g/mol. The van der Waals surface area contributed by atoms with Crippen LogP contribution in [0.1, 0.15) is 46.3 Å². The van der Waals surface area contributed by atoms with Crippen molar-refractivity contribution < 1.29 is 13.9 Å². The van der Waals surface area contributed by atoms with Crippen molar-refractivity contribution in [1.82, 2.24) is 24.4 Å². The van der Waals surface area contributed by atoms with Crippen molar-refractivity contribution in [3.63, 3.8) is 0 Å². The fraction of sp³-hybridized carbons (Fsp3) is 0.500. The molecule has 3 aromatic heterocycles. The largest absolute Gasteiger partial charge is 0.467 e. The van der Waals surface area contributed by atoms with Gasteiger partial charge in [-0.15, -0.1) is 0 Å². The third-order valence-electron chi connectivity index (χ3n) is 6.27. The molecule has 0 aromatic carbocycles. The van der Waals surface area contributed by atoms with Crippen molar-refractivity contribution in [1.29, 1.82) is 0 Å². The maximum absolute atomic E-state index is 13.1. The molecule has 9 nitrogen and oxygen atoms in total. The summed E-state index contributed by atoms with van der Waals surface area (Å²) in [7, 11) is 0. The quantitative estimate of drug-likeness (QED) is 0.685. The number of nitrogens with one attached hydrogen (secondary N) is 1. The summed E-state index contributed by atoms with van der Waals surface area (Å²) in [6.07, 6.45) is 3.28. The van der Waals surface area contributed by atoms with Gasteiger partial charge in [0.1, 0.15) is 5.76 Å². The second kappa shape index (κ2) is 8.32. The van der Waals surface area contributed by atoms with Gasteiger partial charge in [0.2, 0.25) is 0 Å². The highest BCUT2D eigenvalue weighted by molar-refractivity contribution is 5.95. The van der Waals surface area contributed by atoms with E-state index in [-0.39, 0.29) is 17.4 Å². The Balaban J connectivity index is 1.25. The number of amides is 1. The van der Waals surface area contributed by atoms with Gasteiger partial charge < -0.3 is 14.1 Å². The number of carbonyl (C=O) groups is 1. The number of morpholine rings is 1. The molecule has 164 valence electrons. The summed E-state index contributed by atoms with van der Waals surface area (Å²) in [5, 5.41) is 3.19. The fourth-order valence-corrected chi connectivity index (χ4v) is 4.52. The first-order valence-electron chi connectivity index (χ1n) is 10.8. The predicted octanol–water partition coefficient (Wildman–Crippen LogP) is 1.78. The highest BCUT2D eigenvalue weighted by Crippen LogP contribution is 2.29. The fourth-order valence-electron chi connectivity index (χ4n) is 4.52.